The molecule has 0 aliphatic heterocycles. The molecule has 2 aliphatic rings. The van der Waals surface area contributed by atoms with Crippen molar-refractivity contribution in [1.82, 2.24) is 5.32 Å². The Morgan fingerprint density at radius 1 is 0.875 bits per heavy atom. The van der Waals surface area contributed by atoms with Crippen molar-refractivity contribution >= 4 is 0 Å². The molecule has 0 aromatic heterocycles. The van der Waals surface area contributed by atoms with Crippen molar-refractivity contribution in [3.63, 3.8) is 0 Å². The van der Waals surface area contributed by atoms with E-state index in [1.807, 2.05) is 0 Å². The maximum atomic E-state index is 3.88. The van der Waals surface area contributed by atoms with Gasteiger partial charge in [0.05, 0.1) is 0 Å². The minimum absolute atomic E-state index is 0.864. The minimum atomic E-state index is 0.864. The molecule has 0 aromatic carbocycles. The fourth-order valence-electron chi connectivity index (χ4n) is 3.84. The smallest absolute Gasteiger partial charge is 0.0124 e. The van der Waals surface area contributed by atoms with Gasteiger partial charge in [0.1, 0.15) is 0 Å². The van der Waals surface area contributed by atoms with Crippen LogP contribution in [0.2, 0.25) is 0 Å². The Kier molecular flexibility index (Phi) is 5.15. The minimum Gasteiger partial charge on any atom is -0.313 e. The third-order valence-electron chi connectivity index (χ3n) is 4.70. The lowest BCUT2D eigenvalue weighted by atomic mass is 9.78. The number of nitrogens with one attached hydrogen (secondary N) is 1. The van der Waals surface area contributed by atoms with E-state index in [9.17, 15) is 0 Å². The van der Waals surface area contributed by atoms with Gasteiger partial charge in [-0.05, 0) is 50.5 Å². The average molecular weight is 223 g/mol. The molecule has 16 heavy (non-hydrogen) atoms. The van der Waals surface area contributed by atoms with Gasteiger partial charge in [-0.15, -0.1) is 0 Å². The lowest BCUT2D eigenvalue weighted by Gasteiger charge is -2.35. The molecule has 0 amide bonds. The molecule has 0 bridgehead atoms. The van der Waals surface area contributed by atoms with Gasteiger partial charge in [-0.3, -0.25) is 0 Å². The molecular weight excluding hydrogens is 194 g/mol. The second-order valence-corrected chi connectivity index (χ2v) is 5.92. The van der Waals surface area contributed by atoms with Gasteiger partial charge in [-0.25, -0.2) is 0 Å². The fourth-order valence-corrected chi connectivity index (χ4v) is 3.84. The zero-order chi connectivity index (χ0) is 11.2. The lowest BCUT2D eigenvalue weighted by molar-refractivity contribution is 0.207. The van der Waals surface area contributed by atoms with Crippen LogP contribution < -0.4 is 5.32 Å². The second-order valence-electron chi connectivity index (χ2n) is 5.92. The van der Waals surface area contributed by atoms with E-state index in [1.54, 1.807) is 0 Å². The molecule has 1 nitrogen and oxygen atoms in total. The highest BCUT2D eigenvalue weighted by Crippen LogP contribution is 2.36. The summed E-state index contributed by atoms with van der Waals surface area (Å²) >= 11 is 0. The van der Waals surface area contributed by atoms with Crippen molar-refractivity contribution in [2.24, 2.45) is 11.8 Å². The van der Waals surface area contributed by atoms with Crippen molar-refractivity contribution in [3.05, 3.63) is 0 Å². The Balaban J connectivity index is 1.89. The molecule has 1 unspecified atom stereocenters. The van der Waals surface area contributed by atoms with Gasteiger partial charge >= 0.3 is 0 Å². The third-order valence-corrected chi connectivity index (χ3v) is 4.70. The summed E-state index contributed by atoms with van der Waals surface area (Å²) in [5.74, 6) is 2.01. The summed E-state index contributed by atoms with van der Waals surface area (Å²) in [4.78, 5) is 0. The van der Waals surface area contributed by atoms with Gasteiger partial charge in [0.25, 0.3) is 0 Å². The topological polar surface area (TPSA) is 12.0 Å². The first-order valence-corrected chi connectivity index (χ1v) is 7.65. The predicted molar refractivity (Wildman–Crippen MR) is 70.6 cm³/mol. The molecule has 0 spiro atoms. The fraction of sp³-hybridized carbons (Fsp3) is 1.00. The molecule has 2 fully saturated rings. The van der Waals surface area contributed by atoms with Crippen LogP contribution in [0.25, 0.3) is 0 Å². The van der Waals surface area contributed by atoms with Gasteiger partial charge in [0, 0.05) is 6.04 Å². The molecule has 0 saturated heterocycles. The van der Waals surface area contributed by atoms with E-state index in [1.165, 1.54) is 70.8 Å². The molecule has 0 heterocycles. The van der Waals surface area contributed by atoms with Crippen LogP contribution in [-0.4, -0.2) is 12.6 Å². The van der Waals surface area contributed by atoms with Crippen molar-refractivity contribution in [2.75, 3.05) is 6.54 Å². The molecule has 0 aromatic rings. The maximum absolute atomic E-state index is 3.88. The standard InChI is InChI=1S/C15H29N/c1-2-12-16-15(14-10-6-7-11-14)13-8-4-3-5-9-13/h13-16H,2-12H2,1H3. The Hall–Kier alpha value is -0.0400. The molecule has 2 saturated carbocycles. The van der Waals surface area contributed by atoms with E-state index in [0.29, 0.717) is 0 Å². The summed E-state index contributed by atoms with van der Waals surface area (Å²) in [6.07, 6.45) is 14.7. The highest BCUT2D eigenvalue weighted by molar-refractivity contribution is 4.87. The van der Waals surface area contributed by atoms with Crippen molar-refractivity contribution in [3.8, 4) is 0 Å². The van der Waals surface area contributed by atoms with Crippen LogP contribution in [0, 0.1) is 11.8 Å². The molecule has 1 N–H and O–H groups in total. The Morgan fingerprint density at radius 3 is 1.88 bits per heavy atom. The first-order chi connectivity index (χ1) is 7.92. The number of rotatable bonds is 5. The Morgan fingerprint density at radius 2 is 1.38 bits per heavy atom. The molecule has 0 radical (unpaired) electrons. The first-order valence-electron chi connectivity index (χ1n) is 7.65. The van der Waals surface area contributed by atoms with Crippen LogP contribution in [0.4, 0.5) is 0 Å². The van der Waals surface area contributed by atoms with Gasteiger partial charge in [-0.2, -0.15) is 0 Å². The lowest BCUT2D eigenvalue weighted by Crippen LogP contribution is -2.42. The third kappa shape index (κ3) is 3.23. The molecule has 1 heteroatoms. The van der Waals surface area contributed by atoms with Crippen molar-refractivity contribution in [1.29, 1.82) is 0 Å². The van der Waals surface area contributed by atoms with E-state index in [2.05, 4.69) is 12.2 Å². The number of hydrogen-bond donors (Lipinski definition) is 1. The van der Waals surface area contributed by atoms with Crippen molar-refractivity contribution in [2.45, 2.75) is 77.2 Å². The zero-order valence-corrected chi connectivity index (χ0v) is 11.0. The van der Waals surface area contributed by atoms with Gasteiger partial charge in [-0.1, -0.05) is 39.0 Å². The van der Waals surface area contributed by atoms with Crippen LogP contribution in [0.15, 0.2) is 0 Å². The van der Waals surface area contributed by atoms with Gasteiger partial charge in [0.2, 0.25) is 0 Å². The van der Waals surface area contributed by atoms with Crippen LogP contribution in [0.3, 0.4) is 0 Å². The molecule has 2 rings (SSSR count). The molecular formula is C15H29N. The molecule has 94 valence electrons. The highest BCUT2D eigenvalue weighted by Gasteiger charge is 2.31. The summed E-state index contributed by atoms with van der Waals surface area (Å²) < 4.78 is 0. The molecule has 1 atom stereocenters. The van der Waals surface area contributed by atoms with E-state index >= 15 is 0 Å². The van der Waals surface area contributed by atoms with Gasteiger partial charge in [0.15, 0.2) is 0 Å². The Labute approximate surface area is 101 Å². The first kappa shape index (κ1) is 12.4. The summed E-state index contributed by atoms with van der Waals surface area (Å²) in [6.45, 7) is 3.53. The average Bonchev–Trinajstić information content (AvgIpc) is 2.85. The monoisotopic (exact) mass is 223 g/mol. The normalized spacial score (nSPS) is 26.1. The second kappa shape index (κ2) is 6.64. The summed E-state index contributed by atoms with van der Waals surface area (Å²) in [5, 5.41) is 3.88. The summed E-state index contributed by atoms with van der Waals surface area (Å²) in [6, 6.07) is 0.864. The Bertz CT molecular complexity index is 178. The highest BCUT2D eigenvalue weighted by atomic mass is 14.9. The van der Waals surface area contributed by atoms with Crippen LogP contribution in [0.1, 0.15) is 71.1 Å². The largest absolute Gasteiger partial charge is 0.313 e. The van der Waals surface area contributed by atoms with E-state index < -0.39 is 0 Å². The maximum Gasteiger partial charge on any atom is 0.0124 e. The number of hydrogen-bond acceptors (Lipinski definition) is 1. The van der Waals surface area contributed by atoms with Gasteiger partial charge < -0.3 is 5.32 Å². The van der Waals surface area contributed by atoms with Crippen LogP contribution in [-0.2, 0) is 0 Å². The van der Waals surface area contributed by atoms with Crippen molar-refractivity contribution < 1.29 is 0 Å². The van der Waals surface area contributed by atoms with E-state index in [4.69, 9.17) is 0 Å². The molecule has 2 aliphatic carbocycles. The summed E-state index contributed by atoms with van der Waals surface area (Å²) in [5.41, 5.74) is 0. The van der Waals surface area contributed by atoms with Crippen LogP contribution in [0.5, 0.6) is 0 Å². The summed E-state index contributed by atoms with van der Waals surface area (Å²) in [7, 11) is 0. The van der Waals surface area contributed by atoms with E-state index in [-0.39, 0.29) is 0 Å². The predicted octanol–water partition coefficient (Wildman–Crippen LogP) is 4.13. The SMILES string of the molecule is CCCNC(C1CCCCC1)C1CCCC1. The zero-order valence-electron chi connectivity index (χ0n) is 11.0. The quantitative estimate of drug-likeness (QED) is 0.739. The van der Waals surface area contributed by atoms with E-state index in [0.717, 1.165) is 17.9 Å². The van der Waals surface area contributed by atoms with Crippen LogP contribution >= 0.6 is 0 Å².